The Bertz CT molecular complexity index is 585. The lowest BCUT2D eigenvalue weighted by Gasteiger charge is -2.18. The smallest absolute Gasteiger partial charge is 0.246 e. The Morgan fingerprint density at radius 2 is 2.00 bits per heavy atom. The molecule has 0 saturated carbocycles. The van der Waals surface area contributed by atoms with Crippen LogP contribution in [0.1, 0.15) is 6.92 Å². The summed E-state index contributed by atoms with van der Waals surface area (Å²) in [6.45, 7) is 5.25. The summed E-state index contributed by atoms with van der Waals surface area (Å²) < 4.78 is 51.6. The van der Waals surface area contributed by atoms with Crippen molar-refractivity contribution in [3.63, 3.8) is 0 Å². The molecule has 0 bridgehead atoms. The van der Waals surface area contributed by atoms with Gasteiger partial charge in [0.2, 0.25) is 10.0 Å². The Hall–Kier alpha value is -1.47. The molecule has 100 valence electrons. The van der Waals surface area contributed by atoms with Crippen LogP contribution in [-0.2, 0) is 10.0 Å². The molecule has 0 aromatic heterocycles. The van der Waals surface area contributed by atoms with Gasteiger partial charge in [-0.05, 0) is 19.1 Å². The number of anilines is 1. The number of rotatable bonds is 4. The first-order chi connectivity index (χ1) is 8.17. The summed E-state index contributed by atoms with van der Waals surface area (Å²) in [6.07, 6.45) is 0. The number of hydrogen-bond acceptors (Lipinski definition) is 3. The normalized spacial score (nSPS) is 11.8. The molecule has 7 heteroatoms. The highest BCUT2D eigenvalue weighted by Gasteiger charge is 2.26. The van der Waals surface area contributed by atoms with E-state index in [2.05, 4.69) is 6.58 Å². The van der Waals surface area contributed by atoms with E-state index in [-0.39, 0.29) is 6.54 Å². The first kappa shape index (κ1) is 14.6. The van der Waals surface area contributed by atoms with Crippen molar-refractivity contribution in [2.45, 2.75) is 11.8 Å². The molecule has 0 amide bonds. The van der Waals surface area contributed by atoms with Crippen LogP contribution in [0.4, 0.5) is 14.5 Å². The molecule has 0 unspecified atom stereocenters. The van der Waals surface area contributed by atoms with Gasteiger partial charge in [-0.15, -0.1) is 0 Å². The summed E-state index contributed by atoms with van der Waals surface area (Å²) in [5.74, 6) is -2.27. The zero-order valence-corrected chi connectivity index (χ0v) is 10.9. The van der Waals surface area contributed by atoms with E-state index in [1.54, 1.807) is 6.92 Å². The molecule has 0 fully saturated rings. The second kappa shape index (κ2) is 5.03. The first-order valence-electron chi connectivity index (χ1n) is 5.02. The van der Waals surface area contributed by atoms with Crippen molar-refractivity contribution in [3.05, 3.63) is 35.9 Å². The molecule has 0 aliphatic rings. The standard InChI is InChI=1S/C11H14F2N2O2S/c1-7(2)6-15(3)18(16,17)9-5-4-8(12)11(14)10(9)13/h4-5H,1,6,14H2,2-3H3. The van der Waals surface area contributed by atoms with Crippen LogP contribution >= 0.6 is 0 Å². The van der Waals surface area contributed by atoms with Gasteiger partial charge in [-0.3, -0.25) is 0 Å². The van der Waals surface area contributed by atoms with Crippen molar-refractivity contribution in [3.8, 4) is 0 Å². The molecule has 0 saturated heterocycles. The third-order valence-electron chi connectivity index (χ3n) is 2.27. The number of nitrogen functional groups attached to an aromatic ring is 1. The van der Waals surface area contributed by atoms with Gasteiger partial charge in [0.25, 0.3) is 0 Å². The van der Waals surface area contributed by atoms with Crippen LogP contribution in [0.3, 0.4) is 0 Å². The number of sulfonamides is 1. The van der Waals surface area contributed by atoms with Crippen molar-refractivity contribution >= 4 is 15.7 Å². The molecular formula is C11H14F2N2O2S. The minimum atomic E-state index is -4.05. The zero-order chi connectivity index (χ0) is 14.1. The van der Waals surface area contributed by atoms with Gasteiger partial charge in [0.1, 0.15) is 16.4 Å². The molecule has 0 atom stereocenters. The van der Waals surface area contributed by atoms with Crippen LogP contribution in [0, 0.1) is 11.6 Å². The lowest BCUT2D eigenvalue weighted by atomic mass is 10.3. The van der Waals surface area contributed by atoms with Gasteiger partial charge in [-0.25, -0.2) is 17.2 Å². The number of nitrogens with two attached hydrogens (primary N) is 1. The van der Waals surface area contributed by atoms with E-state index >= 15 is 0 Å². The van der Waals surface area contributed by atoms with Gasteiger partial charge in [0.15, 0.2) is 5.82 Å². The molecule has 1 aromatic rings. The van der Waals surface area contributed by atoms with Crippen molar-refractivity contribution < 1.29 is 17.2 Å². The van der Waals surface area contributed by atoms with Crippen molar-refractivity contribution in [2.75, 3.05) is 19.3 Å². The Balaban J connectivity index is 3.29. The Labute approximate surface area is 105 Å². The van der Waals surface area contributed by atoms with Crippen LogP contribution in [0.5, 0.6) is 0 Å². The average Bonchev–Trinajstić information content (AvgIpc) is 2.24. The van der Waals surface area contributed by atoms with Gasteiger partial charge in [0.05, 0.1) is 0 Å². The summed E-state index contributed by atoms with van der Waals surface area (Å²) in [5, 5.41) is 0. The third-order valence-corrected chi connectivity index (χ3v) is 4.09. The Morgan fingerprint density at radius 1 is 1.44 bits per heavy atom. The minimum Gasteiger partial charge on any atom is -0.394 e. The average molecular weight is 276 g/mol. The monoisotopic (exact) mass is 276 g/mol. The molecule has 0 heterocycles. The highest BCUT2D eigenvalue weighted by atomic mass is 32.2. The van der Waals surface area contributed by atoms with Gasteiger partial charge in [-0.1, -0.05) is 12.2 Å². The molecule has 1 rings (SSSR count). The molecule has 0 aliphatic carbocycles. The summed E-state index contributed by atoms with van der Waals surface area (Å²) in [5.41, 5.74) is 4.92. The highest BCUT2D eigenvalue weighted by molar-refractivity contribution is 7.89. The topological polar surface area (TPSA) is 63.4 Å². The van der Waals surface area contributed by atoms with E-state index in [0.717, 1.165) is 16.4 Å². The van der Waals surface area contributed by atoms with Crippen molar-refractivity contribution in [1.82, 2.24) is 4.31 Å². The van der Waals surface area contributed by atoms with E-state index in [4.69, 9.17) is 5.73 Å². The van der Waals surface area contributed by atoms with E-state index in [1.807, 2.05) is 0 Å². The quantitative estimate of drug-likeness (QED) is 0.673. The van der Waals surface area contributed by atoms with Gasteiger partial charge in [-0.2, -0.15) is 4.31 Å². The third kappa shape index (κ3) is 2.68. The largest absolute Gasteiger partial charge is 0.394 e. The predicted molar refractivity (Wildman–Crippen MR) is 65.4 cm³/mol. The Kier molecular flexibility index (Phi) is 4.08. The molecule has 4 nitrogen and oxygen atoms in total. The maximum absolute atomic E-state index is 13.7. The maximum Gasteiger partial charge on any atom is 0.246 e. The van der Waals surface area contributed by atoms with E-state index < -0.39 is 32.2 Å². The lowest BCUT2D eigenvalue weighted by Crippen LogP contribution is -2.29. The van der Waals surface area contributed by atoms with Crippen LogP contribution in [0.15, 0.2) is 29.2 Å². The fraction of sp³-hybridized carbons (Fsp3) is 0.273. The van der Waals surface area contributed by atoms with Crippen LogP contribution < -0.4 is 5.73 Å². The first-order valence-corrected chi connectivity index (χ1v) is 6.46. The second-order valence-electron chi connectivity index (χ2n) is 3.99. The SMILES string of the molecule is C=C(C)CN(C)S(=O)(=O)c1ccc(F)c(N)c1F. The van der Waals surface area contributed by atoms with E-state index in [0.29, 0.717) is 5.57 Å². The fourth-order valence-electron chi connectivity index (χ4n) is 1.38. The molecule has 0 aliphatic heterocycles. The molecule has 0 radical (unpaired) electrons. The van der Waals surface area contributed by atoms with Crippen LogP contribution in [0.25, 0.3) is 0 Å². The molecular weight excluding hydrogens is 262 g/mol. The molecule has 18 heavy (non-hydrogen) atoms. The van der Waals surface area contributed by atoms with Crippen LogP contribution in [-0.4, -0.2) is 26.3 Å². The summed E-state index contributed by atoms with van der Waals surface area (Å²) in [6, 6.07) is 1.67. The maximum atomic E-state index is 13.7. The number of likely N-dealkylation sites (N-methyl/N-ethyl adjacent to an activating group) is 1. The number of benzene rings is 1. The van der Waals surface area contributed by atoms with E-state index in [1.165, 1.54) is 7.05 Å². The van der Waals surface area contributed by atoms with Crippen molar-refractivity contribution in [2.24, 2.45) is 0 Å². The number of halogens is 2. The summed E-state index contributed by atoms with van der Waals surface area (Å²) >= 11 is 0. The Morgan fingerprint density at radius 3 is 2.50 bits per heavy atom. The lowest BCUT2D eigenvalue weighted by molar-refractivity contribution is 0.482. The molecule has 1 aromatic carbocycles. The fourth-order valence-corrected chi connectivity index (χ4v) is 2.68. The predicted octanol–water partition coefficient (Wildman–Crippen LogP) is 1.74. The second-order valence-corrected chi connectivity index (χ2v) is 6.00. The zero-order valence-electron chi connectivity index (χ0n) is 10.1. The van der Waals surface area contributed by atoms with Gasteiger partial charge < -0.3 is 5.73 Å². The molecule has 0 spiro atoms. The summed E-state index contributed by atoms with van der Waals surface area (Å²) in [7, 11) is -2.77. The number of nitrogens with zero attached hydrogens (tertiary/aromatic N) is 1. The molecule has 2 N–H and O–H groups in total. The summed E-state index contributed by atoms with van der Waals surface area (Å²) in [4.78, 5) is -0.648. The van der Waals surface area contributed by atoms with Crippen molar-refractivity contribution in [1.29, 1.82) is 0 Å². The van der Waals surface area contributed by atoms with Gasteiger partial charge >= 0.3 is 0 Å². The van der Waals surface area contributed by atoms with Crippen LogP contribution in [0.2, 0.25) is 0 Å². The minimum absolute atomic E-state index is 0.0407. The highest BCUT2D eigenvalue weighted by Crippen LogP contribution is 2.25. The number of hydrogen-bond donors (Lipinski definition) is 1. The van der Waals surface area contributed by atoms with E-state index in [9.17, 15) is 17.2 Å². The van der Waals surface area contributed by atoms with Gasteiger partial charge in [0, 0.05) is 13.6 Å².